The van der Waals surface area contributed by atoms with Gasteiger partial charge in [-0.05, 0) is 36.8 Å². The molecule has 104 valence electrons. The van der Waals surface area contributed by atoms with Gasteiger partial charge in [0.15, 0.2) is 5.82 Å². The molecule has 0 aliphatic heterocycles. The SMILES string of the molecule is Cc1ccnc(NC(=O)c2cccc(-c3ncn[nH]3)c2)c1. The molecule has 0 unspecified atom stereocenters. The Morgan fingerprint density at radius 1 is 1.19 bits per heavy atom. The number of aromatic nitrogens is 4. The summed E-state index contributed by atoms with van der Waals surface area (Å²) in [6.45, 7) is 1.95. The van der Waals surface area contributed by atoms with Crippen molar-refractivity contribution < 1.29 is 4.79 Å². The Hall–Kier alpha value is -3.02. The van der Waals surface area contributed by atoms with Crippen LogP contribution in [-0.4, -0.2) is 26.1 Å². The van der Waals surface area contributed by atoms with Crippen molar-refractivity contribution in [1.82, 2.24) is 20.2 Å². The second-order valence-electron chi connectivity index (χ2n) is 4.59. The maximum absolute atomic E-state index is 12.2. The van der Waals surface area contributed by atoms with Gasteiger partial charge in [0.05, 0.1) is 0 Å². The first-order valence-corrected chi connectivity index (χ1v) is 6.42. The number of pyridine rings is 1. The van der Waals surface area contributed by atoms with Gasteiger partial charge in [0.2, 0.25) is 0 Å². The van der Waals surface area contributed by atoms with Crippen LogP contribution >= 0.6 is 0 Å². The van der Waals surface area contributed by atoms with Crippen LogP contribution < -0.4 is 5.32 Å². The normalized spacial score (nSPS) is 10.3. The number of carbonyl (C=O) groups is 1. The molecule has 0 aliphatic carbocycles. The van der Waals surface area contributed by atoms with Gasteiger partial charge in [0.25, 0.3) is 5.91 Å². The van der Waals surface area contributed by atoms with Crippen molar-refractivity contribution in [3.63, 3.8) is 0 Å². The van der Waals surface area contributed by atoms with Gasteiger partial charge in [0.1, 0.15) is 12.1 Å². The number of aromatic amines is 1. The number of carbonyl (C=O) groups excluding carboxylic acids is 1. The Balaban J connectivity index is 1.83. The van der Waals surface area contributed by atoms with Crippen LogP contribution in [0.1, 0.15) is 15.9 Å². The molecule has 2 N–H and O–H groups in total. The van der Waals surface area contributed by atoms with Crippen LogP contribution in [0.4, 0.5) is 5.82 Å². The zero-order chi connectivity index (χ0) is 14.7. The third kappa shape index (κ3) is 2.94. The lowest BCUT2D eigenvalue weighted by Gasteiger charge is -2.06. The number of anilines is 1. The number of hydrogen-bond acceptors (Lipinski definition) is 4. The molecule has 2 aromatic heterocycles. The summed E-state index contributed by atoms with van der Waals surface area (Å²) in [4.78, 5) is 20.4. The van der Waals surface area contributed by atoms with E-state index in [-0.39, 0.29) is 5.91 Å². The van der Waals surface area contributed by atoms with Crippen molar-refractivity contribution in [2.75, 3.05) is 5.32 Å². The predicted molar refractivity (Wildman–Crippen MR) is 78.7 cm³/mol. The maximum atomic E-state index is 12.2. The molecule has 0 atom stereocenters. The summed E-state index contributed by atoms with van der Waals surface area (Å²) in [7, 11) is 0. The fraction of sp³-hybridized carbons (Fsp3) is 0.0667. The smallest absolute Gasteiger partial charge is 0.256 e. The lowest BCUT2D eigenvalue weighted by atomic mass is 10.1. The van der Waals surface area contributed by atoms with Gasteiger partial charge in [-0.15, -0.1) is 0 Å². The van der Waals surface area contributed by atoms with Crippen LogP contribution in [0.2, 0.25) is 0 Å². The lowest BCUT2D eigenvalue weighted by molar-refractivity contribution is 0.102. The Morgan fingerprint density at radius 3 is 2.86 bits per heavy atom. The fourth-order valence-corrected chi connectivity index (χ4v) is 1.95. The molecule has 6 nitrogen and oxygen atoms in total. The van der Waals surface area contributed by atoms with Crippen LogP contribution in [0.15, 0.2) is 48.9 Å². The first-order chi connectivity index (χ1) is 10.2. The molecule has 0 fully saturated rings. The minimum atomic E-state index is -0.213. The van der Waals surface area contributed by atoms with Crippen LogP contribution in [-0.2, 0) is 0 Å². The summed E-state index contributed by atoms with van der Waals surface area (Å²) < 4.78 is 0. The standard InChI is InChI=1S/C15H13N5O/c1-10-5-6-16-13(7-10)19-15(21)12-4-2-3-11(8-12)14-17-9-18-20-14/h2-9H,1H3,(H,16,19,21)(H,17,18,20). The van der Waals surface area contributed by atoms with E-state index in [1.165, 1.54) is 6.33 Å². The summed E-state index contributed by atoms with van der Waals surface area (Å²) in [5, 5.41) is 9.35. The van der Waals surface area contributed by atoms with Gasteiger partial charge >= 0.3 is 0 Å². The highest BCUT2D eigenvalue weighted by Gasteiger charge is 2.09. The third-order valence-electron chi connectivity index (χ3n) is 2.97. The molecule has 2 heterocycles. The number of nitrogens with zero attached hydrogens (tertiary/aromatic N) is 3. The number of aryl methyl sites for hydroxylation is 1. The maximum Gasteiger partial charge on any atom is 0.256 e. The number of nitrogens with one attached hydrogen (secondary N) is 2. The number of benzene rings is 1. The Morgan fingerprint density at radius 2 is 2.10 bits per heavy atom. The first-order valence-electron chi connectivity index (χ1n) is 6.42. The summed E-state index contributed by atoms with van der Waals surface area (Å²) >= 11 is 0. The quantitative estimate of drug-likeness (QED) is 0.771. The summed E-state index contributed by atoms with van der Waals surface area (Å²) in [6, 6.07) is 10.9. The van der Waals surface area contributed by atoms with Crippen molar-refractivity contribution in [2.45, 2.75) is 6.92 Å². The van der Waals surface area contributed by atoms with Crippen LogP contribution in [0.3, 0.4) is 0 Å². The summed E-state index contributed by atoms with van der Waals surface area (Å²) in [5.41, 5.74) is 2.38. The highest BCUT2D eigenvalue weighted by atomic mass is 16.1. The van der Waals surface area contributed by atoms with Crippen molar-refractivity contribution in [3.05, 3.63) is 60.0 Å². The fourth-order valence-electron chi connectivity index (χ4n) is 1.95. The number of H-pyrrole nitrogens is 1. The zero-order valence-electron chi connectivity index (χ0n) is 11.4. The number of rotatable bonds is 3. The van der Waals surface area contributed by atoms with Crippen LogP contribution in [0.5, 0.6) is 0 Å². The Bertz CT molecular complexity index is 767. The predicted octanol–water partition coefficient (Wildman–Crippen LogP) is 2.43. The van der Waals surface area contributed by atoms with Gasteiger partial charge in [-0.1, -0.05) is 12.1 Å². The van der Waals surface area contributed by atoms with E-state index in [9.17, 15) is 4.79 Å². The molecule has 1 aromatic carbocycles. The van der Waals surface area contributed by atoms with E-state index in [4.69, 9.17) is 0 Å². The molecule has 3 aromatic rings. The van der Waals surface area contributed by atoms with E-state index < -0.39 is 0 Å². The molecule has 0 spiro atoms. The van der Waals surface area contributed by atoms with Crippen molar-refractivity contribution in [1.29, 1.82) is 0 Å². The van der Waals surface area contributed by atoms with E-state index >= 15 is 0 Å². The molecule has 0 radical (unpaired) electrons. The lowest BCUT2D eigenvalue weighted by Crippen LogP contribution is -2.13. The number of amides is 1. The monoisotopic (exact) mass is 279 g/mol. The zero-order valence-corrected chi connectivity index (χ0v) is 11.4. The third-order valence-corrected chi connectivity index (χ3v) is 2.97. The molecule has 0 aliphatic rings. The van der Waals surface area contributed by atoms with E-state index in [2.05, 4.69) is 25.5 Å². The minimum Gasteiger partial charge on any atom is -0.307 e. The van der Waals surface area contributed by atoms with Gasteiger partial charge < -0.3 is 5.32 Å². The van der Waals surface area contributed by atoms with E-state index in [1.807, 2.05) is 25.1 Å². The molecule has 0 saturated heterocycles. The molecule has 21 heavy (non-hydrogen) atoms. The average Bonchev–Trinajstić information content (AvgIpc) is 3.02. The van der Waals surface area contributed by atoms with E-state index in [0.29, 0.717) is 17.2 Å². The summed E-state index contributed by atoms with van der Waals surface area (Å²) in [6.07, 6.45) is 3.09. The molecule has 3 rings (SSSR count). The van der Waals surface area contributed by atoms with Crippen LogP contribution in [0, 0.1) is 6.92 Å². The highest BCUT2D eigenvalue weighted by Crippen LogP contribution is 2.16. The largest absolute Gasteiger partial charge is 0.307 e. The molecular weight excluding hydrogens is 266 g/mol. The van der Waals surface area contributed by atoms with Crippen molar-refractivity contribution in [2.24, 2.45) is 0 Å². The highest BCUT2D eigenvalue weighted by molar-refractivity contribution is 6.04. The van der Waals surface area contributed by atoms with Crippen LogP contribution in [0.25, 0.3) is 11.4 Å². The molecule has 0 bridgehead atoms. The molecule has 6 heteroatoms. The molecule has 0 saturated carbocycles. The van der Waals surface area contributed by atoms with E-state index in [1.54, 1.807) is 24.4 Å². The topological polar surface area (TPSA) is 83.6 Å². The Labute approximate surface area is 121 Å². The van der Waals surface area contributed by atoms with Crippen molar-refractivity contribution >= 4 is 11.7 Å². The Kier molecular flexibility index (Phi) is 3.42. The summed E-state index contributed by atoms with van der Waals surface area (Å²) in [5.74, 6) is 0.942. The molecule has 1 amide bonds. The van der Waals surface area contributed by atoms with E-state index in [0.717, 1.165) is 11.1 Å². The van der Waals surface area contributed by atoms with Gasteiger partial charge in [-0.25, -0.2) is 9.97 Å². The van der Waals surface area contributed by atoms with Gasteiger partial charge in [-0.2, -0.15) is 5.10 Å². The minimum absolute atomic E-state index is 0.213. The van der Waals surface area contributed by atoms with Gasteiger partial charge in [-0.3, -0.25) is 9.89 Å². The first kappa shape index (κ1) is 13.0. The second-order valence-corrected chi connectivity index (χ2v) is 4.59. The second kappa shape index (κ2) is 5.54. The van der Waals surface area contributed by atoms with Crippen molar-refractivity contribution in [3.8, 4) is 11.4 Å². The van der Waals surface area contributed by atoms with Gasteiger partial charge in [0, 0.05) is 17.3 Å². The molecular formula is C15H13N5O. The average molecular weight is 279 g/mol. The number of hydrogen-bond donors (Lipinski definition) is 2.